The summed E-state index contributed by atoms with van der Waals surface area (Å²) in [5.74, 6) is 0.379. The SMILES string of the molecule is CNC(C)c1ccc(NS(=O)(=O)Cc2cc(C)on2)cc1. The number of anilines is 1. The summed E-state index contributed by atoms with van der Waals surface area (Å²) in [6, 6.07) is 9.09. The number of sulfonamides is 1. The zero-order chi connectivity index (χ0) is 15.5. The molecule has 2 rings (SSSR count). The maximum Gasteiger partial charge on any atom is 0.238 e. The second-order valence-corrected chi connectivity index (χ2v) is 6.64. The molecule has 0 fully saturated rings. The fourth-order valence-corrected chi connectivity index (χ4v) is 3.00. The molecule has 0 spiro atoms. The summed E-state index contributed by atoms with van der Waals surface area (Å²) in [7, 11) is -1.62. The Morgan fingerprint density at radius 3 is 2.48 bits per heavy atom. The van der Waals surface area contributed by atoms with Crippen LogP contribution in [0.5, 0.6) is 0 Å². The highest BCUT2D eigenvalue weighted by molar-refractivity contribution is 7.91. The molecule has 6 nitrogen and oxygen atoms in total. The number of aryl methyl sites for hydroxylation is 1. The Kier molecular flexibility index (Phi) is 4.64. The summed E-state index contributed by atoms with van der Waals surface area (Å²) in [5.41, 5.74) is 2.01. The summed E-state index contributed by atoms with van der Waals surface area (Å²) in [5, 5.41) is 6.82. The van der Waals surface area contributed by atoms with Crippen LogP contribution in [0.2, 0.25) is 0 Å². The number of hydrogen-bond donors (Lipinski definition) is 2. The van der Waals surface area contributed by atoms with E-state index in [1.54, 1.807) is 25.1 Å². The normalized spacial score (nSPS) is 13.1. The molecule has 0 radical (unpaired) electrons. The van der Waals surface area contributed by atoms with Crippen molar-refractivity contribution in [2.45, 2.75) is 25.6 Å². The van der Waals surface area contributed by atoms with Crippen LogP contribution >= 0.6 is 0 Å². The van der Waals surface area contributed by atoms with E-state index in [9.17, 15) is 8.42 Å². The van der Waals surface area contributed by atoms with Gasteiger partial charge >= 0.3 is 0 Å². The van der Waals surface area contributed by atoms with Crippen LogP contribution in [0, 0.1) is 6.92 Å². The monoisotopic (exact) mass is 309 g/mol. The molecule has 0 saturated carbocycles. The Morgan fingerprint density at radius 1 is 1.29 bits per heavy atom. The van der Waals surface area contributed by atoms with Gasteiger partial charge in [-0.3, -0.25) is 4.72 Å². The lowest BCUT2D eigenvalue weighted by Gasteiger charge is -2.12. The summed E-state index contributed by atoms with van der Waals surface area (Å²) in [6.45, 7) is 3.75. The molecule has 21 heavy (non-hydrogen) atoms. The van der Waals surface area contributed by atoms with Crippen LogP contribution in [0.1, 0.15) is 30.0 Å². The molecule has 0 aliphatic rings. The Labute approximate surface area is 124 Å². The highest BCUT2D eigenvalue weighted by Crippen LogP contribution is 2.17. The van der Waals surface area contributed by atoms with Crippen LogP contribution in [-0.2, 0) is 15.8 Å². The molecule has 1 heterocycles. The van der Waals surface area contributed by atoms with Gasteiger partial charge in [0.2, 0.25) is 10.0 Å². The minimum Gasteiger partial charge on any atom is -0.361 e. The van der Waals surface area contributed by atoms with Crippen LogP contribution in [0.25, 0.3) is 0 Å². The molecule has 7 heteroatoms. The van der Waals surface area contributed by atoms with E-state index in [0.717, 1.165) is 5.56 Å². The third kappa shape index (κ3) is 4.30. The van der Waals surface area contributed by atoms with E-state index in [1.807, 2.05) is 26.1 Å². The van der Waals surface area contributed by atoms with Gasteiger partial charge in [0.05, 0.1) is 0 Å². The molecule has 0 aliphatic carbocycles. The molecule has 0 saturated heterocycles. The fourth-order valence-electron chi connectivity index (χ4n) is 1.90. The van der Waals surface area contributed by atoms with Crippen molar-refractivity contribution in [3.8, 4) is 0 Å². The van der Waals surface area contributed by atoms with Crippen LogP contribution in [-0.4, -0.2) is 20.6 Å². The highest BCUT2D eigenvalue weighted by Gasteiger charge is 2.15. The molecule has 1 atom stereocenters. The fraction of sp³-hybridized carbons (Fsp3) is 0.357. The first-order chi connectivity index (χ1) is 9.89. The predicted octanol–water partition coefficient (Wildman–Crippen LogP) is 2.21. The largest absolute Gasteiger partial charge is 0.361 e. The van der Waals surface area contributed by atoms with Crippen LogP contribution in [0.15, 0.2) is 34.9 Å². The van der Waals surface area contributed by atoms with Crippen molar-refractivity contribution in [1.29, 1.82) is 0 Å². The van der Waals surface area contributed by atoms with Crippen molar-refractivity contribution in [1.82, 2.24) is 10.5 Å². The van der Waals surface area contributed by atoms with E-state index in [-0.39, 0.29) is 11.8 Å². The molecule has 2 N–H and O–H groups in total. The van der Waals surface area contributed by atoms with Gasteiger partial charge in [0, 0.05) is 17.8 Å². The average Bonchev–Trinajstić information content (AvgIpc) is 2.82. The molecule has 114 valence electrons. The van der Waals surface area contributed by atoms with Crippen LogP contribution in [0.3, 0.4) is 0 Å². The van der Waals surface area contributed by atoms with Gasteiger partial charge in [-0.05, 0) is 38.6 Å². The minimum atomic E-state index is -3.50. The maximum atomic E-state index is 12.0. The van der Waals surface area contributed by atoms with Gasteiger partial charge in [-0.1, -0.05) is 17.3 Å². The van der Waals surface area contributed by atoms with Gasteiger partial charge < -0.3 is 9.84 Å². The van der Waals surface area contributed by atoms with E-state index in [1.165, 1.54) is 0 Å². The first-order valence-electron chi connectivity index (χ1n) is 6.59. The van der Waals surface area contributed by atoms with Crippen LogP contribution in [0.4, 0.5) is 5.69 Å². The average molecular weight is 309 g/mol. The van der Waals surface area contributed by atoms with Gasteiger partial charge in [-0.25, -0.2) is 8.42 Å². The van der Waals surface area contributed by atoms with Crippen molar-refractivity contribution < 1.29 is 12.9 Å². The number of rotatable bonds is 6. The summed E-state index contributed by atoms with van der Waals surface area (Å²) < 4.78 is 31.5. The second-order valence-electron chi connectivity index (χ2n) is 4.92. The van der Waals surface area contributed by atoms with E-state index in [2.05, 4.69) is 15.2 Å². The number of aromatic nitrogens is 1. The second kappa shape index (κ2) is 6.28. The molecule has 0 amide bonds. The van der Waals surface area contributed by atoms with Gasteiger partial charge in [0.15, 0.2) is 0 Å². The molecule has 2 aromatic rings. The first kappa shape index (κ1) is 15.5. The standard InChI is InChI=1S/C14H19N3O3S/c1-10-8-14(16-20-10)9-21(18,19)17-13-6-4-12(5-7-13)11(2)15-3/h4-8,11,15,17H,9H2,1-3H3. The zero-order valence-corrected chi connectivity index (χ0v) is 13.1. The van der Waals surface area contributed by atoms with Crippen molar-refractivity contribution in [2.24, 2.45) is 0 Å². The maximum absolute atomic E-state index is 12.0. The Hall–Kier alpha value is -1.86. The lowest BCUT2D eigenvalue weighted by atomic mass is 10.1. The quantitative estimate of drug-likeness (QED) is 0.854. The summed E-state index contributed by atoms with van der Waals surface area (Å²) >= 11 is 0. The Bertz CT molecular complexity index is 693. The van der Waals surface area contributed by atoms with Gasteiger partial charge in [-0.15, -0.1) is 0 Å². The lowest BCUT2D eigenvalue weighted by Crippen LogP contribution is -2.16. The zero-order valence-electron chi connectivity index (χ0n) is 12.3. The molecule has 0 bridgehead atoms. The number of nitrogens with zero attached hydrogens (tertiary/aromatic N) is 1. The third-order valence-corrected chi connectivity index (χ3v) is 4.35. The van der Waals surface area contributed by atoms with Crippen LogP contribution < -0.4 is 10.0 Å². The Morgan fingerprint density at radius 2 is 1.95 bits per heavy atom. The minimum absolute atomic E-state index is 0.209. The smallest absolute Gasteiger partial charge is 0.238 e. The number of benzene rings is 1. The van der Waals surface area contributed by atoms with Crippen molar-refractivity contribution in [3.63, 3.8) is 0 Å². The first-order valence-corrected chi connectivity index (χ1v) is 8.25. The van der Waals surface area contributed by atoms with Crippen molar-refractivity contribution in [3.05, 3.63) is 47.3 Å². The topological polar surface area (TPSA) is 84.2 Å². The van der Waals surface area contributed by atoms with E-state index < -0.39 is 10.0 Å². The summed E-state index contributed by atoms with van der Waals surface area (Å²) in [4.78, 5) is 0. The molecule has 1 aromatic heterocycles. The highest BCUT2D eigenvalue weighted by atomic mass is 32.2. The lowest BCUT2D eigenvalue weighted by molar-refractivity contribution is 0.392. The van der Waals surface area contributed by atoms with E-state index >= 15 is 0 Å². The number of nitrogens with one attached hydrogen (secondary N) is 2. The van der Waals surface area contributed by atoms with E-state index in [0.29, 0.717) is 17.1 Å². The molecular weight excluding hydrogens is 290 g/mol. The van der Waals surface area contributed by atoms with Crippen molar-refractivity contribution in [2.75, 3.05) is 11.8 Å². The molecule has 0 aliphatic heterocycles. The third-order valence-electron chi connectivity index (χ3n) is 3.13. The molecular formula is C14H19N3O3S. The molecule has 1 unspecified atom stereocenters. The summed E-state index contributed by atoms with van der Waals surface area (Å²) in [6.07, 6.45) is 0. The number of hydrogen-bond acceptors (Lipinski definition) is 5. The van der Waals surface area contributed by atoms with E-state index in [4.69, 9.17) is 4.52 Å². The van der Waals surface area contributed by atoms with Gasteiger partial charge in [0.1, 0.15) is 17.2 Å². The predicted molar refractivity (Wildman–Crippen MR) is 81.4 cm³/mol. The van der Waals surface area contributed by atoms with Gasteiger partial charge in [0.25, 0.3) is 0 Å². The van der Waals surface area contributed by atoms with Gasteiger partial charge in [-0.2, -0.15) is 0 Å². The Balaban J connectivity index is 2.06. The van der Waals surface area contributed by atoms with Crippen molar-refractivity contribution >= 4 is 15.7 Å². The molecule has 1 aromatic carbocycles.